The Morgan fingerprint density at radius 3 is 2.76 bits per heavy atom. The molecule has 0 spiro atoms. The number of piperazine rings is 1. The van der Waals surface area contributed by atoms with Crippen LogP contribution in [0.3, 0.4) is 0 Å². The Bertz CT molecular complexity index is 917. The van der Waals surface area contributed by atoms with Gasteiger partial charge >= 0.3 is 0 Å². The molecule has 154 valence electrons. The zero-order valence-corrected chi connectivity index (χ0v) is 18.2. The Balaban J connectivity index is 1.55. The van der Waals surface area contributed by atoms with Crippen LogP contribution in [0.4, 0.5) is 5.69 Å². The predicted molar refractivity (Wildman–Crippen MR) is 115 cm³/mol. The predicted octanol–water partition coefficient (Wildman–Crippen LogP) is 1.49. The number of anilines is 1. The van der Waals surface area contributed by atoms with Gasteiger partial charge in [0.2, 0.25) is 5.82 Å². The summed E-state index contributed by atoms with van der Waals surface area (Å²) >= 11 is 1.78. The molecule has 1 fully saturated rings. The molecule has 1 aliphatic heterocycles. The van der Waals surface area contributed by atoms with Gasteiger partial charge in [-0.05, 0) is 52.9 Å². The molecule has 1 aliphatic rings. The molecule has 0 bridgehead atoms. The zero-order valence-electron chi connectivity index (χ0n) is 17.3. The summed E-state index contributed by atoms with van der Waals surface area (Å²) in [7, 11) is 1.71. The number of aryl methyl sites for hydroxylation is 2. The molecule has 7 nitrogen and oxygen atoms in total. The highest BCUT2D eigenvalue weighted by atomic mass is 32.1. The summed E-state index contributed by atoms with van der Waals surface area (Å²) in [6, 6.07) is 11.2. The average Bonchev–Trinajstić information content (AvgIpc) is 3.42. The number of methoxy groups -OCH3 is 1. The Labute approximate surface area is 175 Å². The molecule has 2 aromatic heterocycles. The monoisotopic (exact) mass is 413 g/mol. The fourth-order valence-electron chi connectivity index (χ4n) is 4.11. The number of thiophene rings is 1. The van der Waals surface area contributed by atoms with Crippen molar-refractivity contribution < 1.29 is 9.64 Å². The second kappa shape index (κ2) is 9.02. The summed E-state index contributed by atoms with van der Waals surface area (Å²) in [5.41, 5.74) is 4.02. The van der Waals surface area contributed by atoms with E-state index in [0.29, 0.717) is 13.2 Å². The molecule has 3 heterocycles. The van der Waals surface area contributed by atoms with E-state index >= 15 is 0 Å². The van der Waals surface area contributed by atoms with Crippen LogP contribution in [0.25, 0.3) is 0 Å². The van der Waals surface area contributed by atoms with Gasteiger partial charge in [0, 0.05) is 12.8 Å². The summed E-state index contributed by atoms with van der Waals surface area (Å²) in [5, 5.41) is 14.8. The minimum atomic E-state index is 0.155. The lowest BCUT2D eigenvalue weighted by Crippen LogP contribution is -3.15. The summed E-state index contributed by atoms with van der Waals surface area (Å²) in [5.74, 6) is 0.930. The Kier molecular flexibility index (Phi) is 6.22. The molecule has 0 amide bonds. The molecular weight excluding hydrogens is 384 g/mol. The van der Waals surface area contributed by atoms with E-state index in [-0.39, 0.29) is 6.04 Å². The summed E-state index contributed by atoms with van der Waals surface area (Å²) in [4.78, 5) is 5.35. The van der Waals surface area contributed by atoms with Crippen LogP contribution in [0.15, 0.2) is 35.7 Å². The lowest BCUT2D eigenvalue weighted by atomic mass is 10.1. The molecule has 0 unspecified atom stereocenters. The minimum absolute atomic E-state index is 0.155. The number of tetrazole rings is 1. The first-order valence-electron chi connectivity index (χ1n) is 10.1. The number of ether oxygens (including phenoxy) is 1. The maximum atomic E-state index is 5.24. The molecule has 0 radical (unpaired) electrons. The number of nitrogens with one attached hydrogen (secondary N) is 1. The van der Waals surface area contributed by atoms with Crippen LogP contribution in [-0.2, 0) is 11.3 Å². The van der Waals surface area contributed by atoms with Crippen LogP contribution in [0.1, 0.15) is 27.9 Å². The maximum absolute atomic E-state index is 5.24. The van der Waals surface area contributed by atoms with E-state index in [0.717, 1.165) is 32.0 Å². The van der Waals surface area contributed by atoms with Gasteiger partial charge in [-0.15, -0.1) is 16.4 Å². The quantitative estimate of drug-likeness (QED) is 0.636. The van der Waals surface area contributed by atoms with Gasteiger partial charge in [0.15, 0.2) is 6.04 Å². The van der Waals surface area contributed by atoms with Crippen LogP contribution >= 0.6 is 11.3 Å². The Morgan fingerprint density at radius 2 is 2.03 bits per heavy atom. The highest BCUT2D eigenvalue weighted by molar-refractivity contribution is 7.10. The van der Waals surface area contributed by atoms with E-state index in [4.69, 9.17) is 4.74 Å². The standard InChI is InChI=1S/C21H28N6OS/c1-16-6-7-17(2)18(15-16)25-8-10-26(11-9-25)20(19-5-4-14-29-19)21-22-23-24-27(21)12-13-28-3/h4-7,14-15,20H,8-13H2,1-3H3/p+1/t20-/m1/s1. The second-order valence-electron chi connectivity index (χ2n) is 7.64. The van der Waals surface area contributed by atoms with Gasteiger partial charge in [0.1, 0.15) is 0 Å². The molecule has 0 aliphatic carbocycles. The van der Waals surface area contributed by atoms with Gasteiger partial charge in [0.05, 0.1) is 44.2 Å². The maximum Gasteiger partial charge on any atom is 0.215 e. The molecule has 0 saturated carbocycles. The van der Waals surface area contributed by atoms with Gasteiger partial charge in [-0.3, -0.25) is 0 Å². The van der Waals surface area contributed by atoms with E-state index in [1.54, 1.807) is 18.4 Å². The van der Waals surface area contributed by atoms with Crippen molar-refractivity contribution in [2.24, 2.45) is 0 Å². The van der Waals surface area contributed by atoms with Crippen molar-refractivity contribution in [2.75, 3.05) is 44.8 Å². The topological polar surface area (TPSA) is 60.5 Å². The van der Waals surface area contributed by atoms with Crippen molar-refractivity contribution in [3.8, 4) is 0 Å². The lowest BCUT2D eigenvalue weighted by Gasteiger charge is -2.37. The highest BCUT2D eigenvalue weighted by Crippen LogP contribution is 2.24. The van der Waals surface area contributed by atoms with Crippen molar-refractivity contribution >= 4 is 17.0 Å². The lowest BCUT2D eigenvalue weighted by molar-refractivity contribution is -0.926. The van der Waals surface area contributed by atoms with E-state index in [9.17, 15) is 0 Å². The third-order valence-corrected chi connectivity index (χ3v) is 6.61. The van der Waals surface area contributed by atoms with E-state index in [1.165, 1.54) is 26.6 Å². The molecule has 29 heavy (non-hydrogen) atoms. The second-order valence-corrected chi connectivity index (χ2v) is 8.62. The number of benzene rings is 1. The largest absolute Gasteiger partial charge is 0.383 e. The molecule has 3 aromatic rings. The Morgan fingerprint density at radius 1 is 1.21 bits per heavy atom. The van der Waals surface area contributed by atoms with Crippen LogP contribution in [-0.4, -0.2) is 60.1 Å². The number of hydrogen-bond donors (Lipinski definition) is 1. The molecule has 1 atom stereocenters. The zero-order chi connectivity index (χ0) is 20.2. The number of rotatable bonds is 7. The SMILES string of the molecule is COCCn1nnnc1[C@@H](c1cccs1)[NH+]1CCN(c2cc(C)ccc2C)CC1. The van der Waals surface area contributed by atoms with Gasteiger partial charge in [0.25, 0.3) is 0 Å². The van der Waals surface area contributed by atoms with E-state index in [2.05, 4.69) is 70.0 Å². The number of quaternary nitrogens is 1. The molecule has 1 saturated heterocycles. The van der Waals surface area contributed by atoms with Crippen molar-refractivity contribution in [1.82, 2.24) is 20.2 Å². The first-order valence-corrected chi connectivity index (χ1v) is 11.0. The number of hydrogen-bond acceptors (Lipinski definition) is 6. The molecule has 8 heteroatoms. The van der Waals surface area contributed by atoms with Crippen molar-refractivity contribution in [1.29, 1.82) is 0 Å². The third-order valence-electron chi connectivity index (χ3n) is 5.67. The summed E-state index contributed by atoms with van der Waals surface area (Å²) < 4.78 is 7.14. The van der Waals surface area contributed by atoms with Crippen LogP contribution < -0.4 is 9.80 Å². The number of nitrogens with zero attached hydrogens (tertiary/aromatic N) is 5. The van der Waals surface area contributed by atoms with Crippen LogP contribution in [0.2, 0.25) is 0 Å². The third kappa shape index (κ3) is 4.34. The molecule has 1 N–H and O–H groups in total. The van der Waals surface area contributed by atoms with Crippen LogP contribution in [0, 0.1) is 13.8 Å². The smallest absolute Gasteiger partial charge is 0.215 e. The average molecular weight is 414 g/mol. The van der Waals surface area contributed by atoms with Gasteiger partial charge in [-0.1, -0.05) is 18.2 Å². The van der Waals surface area contributed by atoms with Gasteiger partial charge < -0.3 is 14.5 Å². The van der Waals surface area contributed by atoms with Crippen molar-refractivity contribution in [2.45, 2.75) is 26.4 Å². The van der Waals surface area contributed by atoms with E-state index in [1.807, 2.05) is 4.68 Å². The van der Waals surface area contributed by atoms with Crippen LogP contribution in [0.5, 0.6) is 0 Å². The minimum Gasteiger partial charge on any atom is -0.383 e. The highest BCUT2D eigenvalue weighted by Gasteiger charge is 2.35. The summed E-state index contributed by atoms with van der Waals surface area (Å²) in [6.45, 7) is 9.79. The molecule has 4 rings (SSSR count). The first kappa shape index (κ1) is 20.0. The van der Waals surface area contributed by atoms with E-state index < -0.39 is 0 Å². The van der Waals surface area contributed by atoms with Crippen molar-refractivity contribution in [3.63, 3.8) is 0 Å². The molecule has 1 aromatic carbocycles. The van der Waals surface area contributed by atoms with Gasteiger partial charge in [-0.25, -0.2) is 4.68 Å². The normalized spacial score (nSPS) is 16.3. The first-order chi connectivity index (χ1) is 14.2. The van der Waals surface area contributed by atoms with Gasteiger partial charge in [-0.2, -0.15) is 0 Å². The Hall–Kier alpha value is -2.29. The molecular formula is C21H29N6OS+. The van der Waals surface area contributed by atoms with Crippen molar-refractivity contribution in [3.05, 3.63) is 57.5 Å². The summed E-state index contributed by atoms with van der Waals surface area (Å²) in [6.07, 6.45) is 0. The fraction of sp³-hybridized carbons (Fsp3) is 0.476. The number of aromatic nitrogens is 4. The fourth-order valence-corrected chi connectivity index (χ4v) is 4.99.